The van der Waals surface area contributed by atoms with Gasteiger partial charge in [0.2, 0.25) is 16.0 Å². The summed E-state index contributed by atoms with van der Waals surface area (Å²) in [5.74, 6) is 1.26. The summed E-state index contributed by atoms with van der Waals surface area (Å²) in [6.07, 6.45) is 4.49. The highest BCUT2D eigenvalue weighted by Gasteiger charge is 2.07. The van der Waals surface area contributed by atoms with Crippen LogP contribution < -0.4 is 15.4 Å². The van der Waals surface area contributed by atoms with E-state index in [0.717, 1.165) is 31.4 Å². The Kier molecular flexibility index (Phi) is 6.65. The first-order valence-corrected chi connectivity index (χ1v) is 9.71. The average Bonchev–Trinajstić information content (AvgIpc) is 2.59. The lowest BCUT2D eigenvalue weighted by atomic mass is 10.1. The van der Waals surface area contributed by atoms with Gasteiger partial charge >= 0.3 is 0 Å². The Morgan fingerprint density at radius 1 is 1.24 bits per heavy atom. The second kappa shape index (κ2) is 8.72. The number of hydrogen-bond donors (Lipinski definition) is 2. The first-order chi connectivity index (χ1) is 11.9. The maximum Gasteiger partial charge on any atom is 0.247 e. The van der Waals surface area contributed by atoms with Crippen LogP contribution in [0.5, 0.6) is 0 Å². The van der Waals surface area contributed by atoms with Gasteiger partial charge in [-0.3, -0.25) is 0 Å². The number of aromatic nitrogens is 3. The van der Waals surface area contributed by atoms with Gasteiger partial charge < -0.3 is 10.2 Å². The topological polar surface area (TPSA) is 114 Å². The van der Waals surface area contributed by atoms with Crippen molar-refractivity contribution in [2.45, 2.75) is 31.1 Å². The van der Waals surface area contributed by atoms with Crippen LogP contribution in [0.1, 0.15) is 25.3 Å². The van der Waals surface area contributed by atoms with E-state index >= 15 is 0 Å². The zero-order valence-corrected chi connectivity index (χ0v) is 15.3. The monoisotopic (exact) mass is 364 g/mol. The van der Waals surface area contributed by atoms with Crippen molar-refractivity contribution >= 4 is 21.8 Å². The van der Waals surface area contributed by atoms with Crippen LogP contribution in [0, 0.1) is 0 Å². The fourth-order valence-corrected chi connectivity index (χ4v) is 2.73. The maximum atomic E-state index is 11.2. The molecule has 136 valence electrons. The van der Waals surface area contributed by atoms with Crippen molar-refractivity contribution in [3.63, 3.8) is 0 Å². The average molecular weight is 364 g/mol. The van der Waals surface area contributed by atoms with Crippen LogP contribution in [0.25, 0.3) is 0 Å². The van der Waals surface area contributed by atoms with E-state index in [4.69, 9.17) is 5.14 Å². The fraction of sp³-hybridized carbons (Fsp3) is 0.438. The molecule has 0 atom stereocenters. The Labute approximate surface area is 148 Å². The van der Waals surface area contributed by atoms with Gasteiger partial charge in [0.15, 0.2) is 5.82 Å². The highest BCUT2D eigenvalue weighted by Crippen LogP contribution is 2.11. The van der Waals surface area contributed by atoms with E-state index in [1.165, 1.54) is 12.1 Å². The molecule has 0 aliphatic rings. The van der Waals surface area contributed by atoms with Gasteiger partial charge in [-0.05, 0) is 30.5 Å². The van der Waals surface area contributed by atoms with E-state index in [0.29, 0.717) is 18.3 Å². The minimum Gasteiger partial charge on any atom is -0.368 e. The summed E-state index contributed by atoms with van der Waals surface area (Å²) in [6.45, 7) is 3.67. The second-order valence-electron chi connectivity index (χ2n) is 5.78. The van der Waals surface area contributed by atoms with Gasteiger partial charge in [0.25, 0.3) is 0 Å². The molecule has 0 unspecified atom stereocenters. The quantitative estimate of drug-likeness (QED) is 0.691. The number of nitrogens with one attached hydrogen (secondary N) is 1. The lowest BCUT2D eigenvalue weighted by Gasteiger charge is -2.16. The van der Waals surface area contributed by atoms with Crippen LogP contribution in [0.3, 0.4) is 0 Å². The molecule has 1 heterocycles. The summed E-state index contributed by atoms with van der Waals surface area (Å²) in [7, 11) is -1.70. The Hall–Kier alpha value is -2.26. The van der Waals surface area contributed by atoms with Crippen molar-refractivity contribution in [1.82, 2.24) is 15.2 Å². The molecule has 0 spiro atoms. The molecular formula is C16H24N6O2S. The predicted octanol–water partition coefficient (Wildman–Crippen LogP) is 1.41. The minimum atomic E-state index is -3.65. The van der Waals surface area contributed by atoms with E-state index in [1.807, 2.05) is 11.9 Å². The Morgan fingerprint density at radius 2 is 1.96 bits per heavy atom. The van der Waals surface area contributed by atoms with Crippen molar-refractivity contribution < 1.29 is 8.42 Å². The Bertz CT molecular complexity index is 779. The number of unbranched alkanes of at least 4 members (excludes halogenated alkanes) is 1. The number of benzene rings is 1. The molecule has 1 aromatic carbocycles. The molecule has 0 fully saturated rings. The third-order valence-corrected chi connectivity index (χ3v) is 4.64. The van der Waals surface area contributed by atoms with Crippen LogP contribution in [0.4, 0.5) is 11.8 Å². The summed E-state index contributed by atoms with van der Waals surface area (Å²) in [5, 5.41) is 16.3. The van der Waals surface area contributed by atoms with E-state index in [1.54, 1.807) is 18.3 Å². The summed E-state index contributed by atoms with van der Waals surface area (Å²) >= 11 is 0. The van der Waals surface area contributed by atoms with Crippen molar-refractivity contribution in [3.8, 4) is 0 Å². The zero-order valence-electron chi connectivity index (χ0n) is 14.5. The minimum absolute atomic E-state index is 0.115. The number of nitrogens with two attached hydrogens (primary N) is 1. The Balaban J connectivity index is 1.89. The van der Waals surface area contributed by atoms with E-state index in [2.05, 4.69) is 27.4 Å². The highest BCUT2D eigenvalue weighted by molar-refractivity contribution is 7.89. The van der Waals surface area contributed by atoms with Gasteiger partial charge in [-0.1, -0.05) is 25.5 Å². The normalized spacial score (nSPS) is 11.3. The number of sulfonamides is 1. The molecule has 0 bridgehead atoms. The van der Waals surface area contributed by atoms with Crippen LogP contribution in [-0.4, -0.2) is 43.7 Å². The number of hydrogen-bond acceptors (Lipinski definition) is 7. The molecule has 2 rings (SSSR count). The predicted molar refractivity (Wildman–Crippen MR) is 98.0 cm³/mol. The number of rotatable bonds is 9. The van der Waals surface area contributed by atoms with Crippen LogP contribution >= 0.6 is 0 Å². The smallest absolute Gasteiger partial charge is 0.247 e. The van der Waals surface area contributed by atoms with Crippen LogP contribution in [0.15, 0.2) is 35.4 Å². The van der Waals surface area contributed by atoms with Gasteiger partial charge in [0, 0.05) is 20.1 Å². The van der Waals surface area contributed by atoms with Crippen molar-refractivity contribution in [2.75, 3.05) is 30.4 Å². The summed E-state index contributed by atoms with van der Waals surface area (Å²) in [4.78, 5) is 6.54. The zero-order chi connectivity index (χ0) is 18.3. The summed E-state index contributed by atoms with van der Waals surface area (Å²) in [6, 6.07) is 6.53. The molecule has 0 amide bonds. The van der Waals surface area contributed by atoms with E-state index in [-0.39, 0.29) is 4.90 Å². The molecule has 3 N–H and O–H groups in total. The number of primary sulfonamides is 1. The van der Waals surface area contributed by atoms with Gasteiger partial charge in [-0.2, -0.15) is 10.1 Å². The van der Waals surface area contributed by atoms with Crippen molar-refractivity contribution in [1.29, 1.82) is 0 Å². The third kappa shape index (κ3) is 5.95. The molecule has 2 aromatic rings. The Morgan fingerprint density at radius 3 is 2.60 bits per heavy atom. The van der Waals surface area contributed by atoms with Crippen LogP contribution in [0.2, 0.25) is 0 Å². The molecule has 0 radical (unpaired) electrons. The number of nitrogens with zero attached hydrogens (tertiary/aromatic N) is 4. The highest BCUT2D eigenvalue weighted by atomic mass is 32.2. The first-order valence-electron chi connectivity index (χ1n) is 8.16. The van der Waals surface area contributed by atoms with Gasteiger partial charge in [-0.25, -0.2) is 13.6 Å². The molecule has 1 aromatic heterocycles. The van der Waals surface area contributed by atoms with E-state index in [9.17, 15) is 8.42 Å². The third-order valence-electron chi connectivity index (χ3n) is 3.71. The summed E-state index contributed by atoms with van der Waals surface area (Å²) in [5.41, 5.74) is 1.00. The lowest BCUT2D eigenvalue weighted by Crippen LogP contribution is -2.22. The van der Waals surface area contributed by atoms with Gasteiger partial charge in [0.05, 0.1) is 11.1 Å². The first kappa shape index (κ1) is 19.1. The molecule has 25 heavy (non-hydrogen) atoms. The van der Waals surface area contributed by atoms with Crippen molar-refractivity contribution in [3.05, 3.63) is 36.0 Å². The lowest BCUT2D eigenvalue weighted by molar-refractivity contribution is 0.598. The SMILES string of the molecule is CCCCN(C)c1nncc(NCCc2ccc(S(N)(=O)=O)cc2)n1. The van der Waals surface area contributed by atoms with E-state index < -0.39 is 10.0 Å². The molecule has 0 aliphatic carbocycles. The van der Waals surface area contributed by atoms with Crippen molar-refractivity contribution in [2.24, 2.45) is 5.14 Å². The maximum absolute atomic E-state index is 11.2. The molecule has 9 heteroatoms. The summed E-state index contributed by atoms with van der Waals surface area (Å²) < 4.78 is 22.5. The second-order valence-corrected chi connectivity index (χ2v) is 7.34. The fourth-order valence-electron chi connectivity index (χ4n) is 2.22. The van der Waals surface area contributed by atoms with Gasteiger partial charge in [0.1, 0.15) is 0 Å². The molecule has 0 saturated carbocycles. The molecule has 0 saturated heterocycles. The van der Waals surface area contributed by atoms with Crippen LogP contribution in [-0.2, 0) is 16.4 Å². The molecule has 0 aliphatic heterocycles. The van der Waals surface area contributed by atoms with Gasteiger partial charge in [-0.15, -0.1) is 5.10 Å². The largest absolute Gasteiger partial charge is 0.368 e. The number of anilines is 2. The molecular weight excluding hydrogens is 340 g/mol. The standard InChI is InChI=1S/C16H24N6O2S/c1-3-4-11-22(2)16-20-15(12-19-21-16)18-10-9-13-5-7-14(8-6-13)25(17,23)24/h5-8,12H,3-4,9-11H2,1-2H3,(H2,17,23,24)(H,18,20,21). The molecule has 8 nitrogen and oxygen atoms in total.